The van der Waals surface area contributed by atoms with Gasteiger partial charge in [-0.2, -0.15) is 0 Å². The summed E-state index contributed by atoms with van der Waals surface area (Å²) in [6, 6.07) is 0.197. The summed E-state index contributed by atoms with van der Waals surface area (Å²) in [4.78, 5) is 4.85. The van der Waals surface area contributed by atoms with Crippen LogP contribution in [0.25, 0.3) is 0 Å². The Balaban J connectivity index is 2.05. The quantitative estimate of drug-likeness (QED) is 0.629. The Bertz CT molecular complexity index is 189. The Morgan fingerprint density at radius 3 is 2.57 bits per heavy atom. The van der Waals surface area contributed by atoms with Crippen molar-refractivity contribution in [3.63, 3.8) is 0 Å². The summed E-state index contributed by atoms with van der Waals surface area (Å²) in [6.07, 6.45) is 5.28. The SMILES string of the molecule is C#CC(C)NCCN1CCN(C)CC1. The lowest BCUT2D eigenvalue weighted by Gasteiger charge is -2.32. The summed E-state index contributed by atoms with van der Waals surface area (Å²) in [5, 5.41) is 3.30. The molecule has 1 atom stereocenters. The average molecular weight is 195 g/mol. The van der Waals surface area contributed by atoms with Gasteiger partial charge < -0.3 is 10.2 Å². The monoisotopic (exact) mass is 195 g/mol. The fourth-order valence-electron chi connectivity index (χ4n) is 1.57. The first-order valence-electron chi connectivity index (χ1n) is 5.33. The fourth-order valence-corrected chi connectivity index (χ4v) is 1.57. The predicted molar refractivity (Wildman–Crippen MR) is 60.2 cm³/mol. The molecule has 3 heteroatoms. The highest BCUT2D eigenvalue weighted by Crippen LogP contribution is 1.97. The summed E-state index contributed by atoms with van der Waals surface area (Å²) in [7, 11) is 2.18. The third-order valence-corrected chi connectivity index (χ3v) is 2.72. The maximum absolute atomic E-state index is 5.28. The largest absolute Gasteiger partial charge is 0.304 e. The first-order valence-corrected chi connectivity index (χ1v) is 5.33. The third-order valence-electron chi connectivity index (χ3n) is 2.72. The van der Waals surface area contributed by atoms with Crippen molar-refractivity contribution in [3.05, 3.63) is 0 Å². The molecule has 0 amide bonds. The molecule has 1 unspecified atom stereocenters. The third kappa shape index (κ3) is 4.10. The molecule has 0 aromatic carbocycles. The van der Waals surface area contributed by atoms with Crippen LogP contribution in [0.3, 0.4) is 0 Å². The molecule has 0 aromatic heterocycles. The van der Waals surface area contributed by atoms with Crippen molar-refractivity contribution in [2.24, 2.45) is 0 Å². The van der Waals surface area contributed by atoms with Crippen molar-refractivity contribution in [1.29, 1.82) is 0 Å². The van der Waals surface area contributed by atoms with Crippen LogP contribution in [0.2, 0.25) is 0 Å². The molecule has 1 N–H and O–H groups in total. The molecule has 1 heterocycles. The van der Waals surface area contributed by atoms with E-state index in [2.05, 4.69) is 28.1 Å². The van der Waals surface area contributed by atoms with E-state index in [1.54, 1.807) is 0 Å². The van der Waals surface area contributed by atoms with Gasteiger partial charge in [0, 0.05) is 39.3 Å². The van der Waals surface area contributed by atoms with Crippen molar-refractivity contribution in [1.82, 2.24) is 15.1 Å². The van der Waals surface area contributed by atoms with Gasteiger partial charge >= 0.3 is 0 Å². The molecule has 0 spiro atoms. The fraction of sp³-hybridized carbons (Fsp3) is 0.818. The minimum atomic E-state index is 0.197. The average Bonchev–Trinajstić information content (AvgIpc) is 2.21. The van der Waals surface area contributed by atoms with Crippen molar-refractivity contribution in [3.8, 4) is 12.3 Å². The molecule has 80 valence electrons. The molecule has 1 aliphatic rings. The highest BCUT2D eigenvalue weighted by molar-refractivity contribution is 4.95. The van der Waals surface area contributed by atoms with Gasteiger partial charge in [-0.25, -0.2) is 0 Å². The van der Waals surface area contributed by atoms with Gasteiger partial charge in [-0.1, -0.05) is 5.92 Å². The summed E-state index contributed by atoms with van der Waals surface area (Å²) >= 11 is 0. The Kier molecular flexibility index (Phi) is 4.95. The predicted octanol–water partition coefficient (Wildman–Crippen LogP) is -0.155. The molecule has 0 radical (unpaired) electrons. The van der Waals surface area contributed by atoms with Crippen molar-refractivity contribution >= 4 is 0 Å². The molecule has 3 nitrogen and oxygen atoms in total. The number of nitrogens with one attached hydrogen (secondary N) is 1. The second-order valence-corrected chi connectivity index (χ2v) is 3.99. The Labute approximate surface area is 87.5 Å². The lowest BCUT2D eigenvalue weighted by atomic mass is 10.3. The number of piperazine rings is 1. The Hall–Kier alpha value is -0.560. The standard InChI is InChI=1S/C11H21N3/c1-4-11(2)12-5-6-14-9-7-13(3)8-10-14/h1,11-12H,5-10H2,2-3H3. The van der Waals surface area contributed by atoms with Gasteiger partial charge in [-0.05, 0) is 14.0 Å². The number of nitrogens with zero attached hydrogens (tertiary/aromatic N) is 2. The van der Waals surface area contributed by atoms with Gasteiger partial charge in [0.15, 0.2) is 0 Å². The van der Waals surface area contributed by atoms with Crippen LogP contribution in [0.15, 0.2) is 0 Å². The first kappa shape index (κ1) is 11.5. The number of rotatable bonds is 4. The Morgan fingerprint density at radius 2 is 2.00 bits per heavy atom. The first-order chi connectivity index (χ1) is 6.72. The van der Waals surface area contributed by atoms with Crippen LogP contribution in [-0.4, -0.2) is 62.2 Å². The zero-order chi connectivity index (χ0) is 10.4. The highest BCUT2D eigenvalue weighted by Gasteiger charge is 2.12. The van der Waals surface area contributed by atoms with E-state index in [1.165, 1.54) is 26.2 Å². The summed E-state index contributed by atoms with van der Waals surface area (Å²) in [5.41, 5.74) is 0. The lowest BCUT2D eigenvalue weighted by molar-refractivity contribution is 0.154. The van der Waals surface area contributed by atoms with E-state index in [1.807, 2.05) is 6.92 Å². The number of likely N-dealkylation sites (N-methyl/N-ethyl adjacent to an activating group) is 1. The molecule has 1 rings (SSSR count). The second-order valence-electron chi connectivity index (χ2n) is 3.99. The van der Waals surface area contributed by atoms with E-state index in [0.29, 0.717) is 0 Å². The number of terminal acetylenes is 1. The van der Waals surface area contributed by atoms with Gasteiger partial charge in [0.1, 0.15) is 0 Å². The van der Waals surface area contributed by atoms with Gasteiger partial charge in [0.2, 0.25) is 0 Å². The summed E-state index contributed by atoms with van der Waals surface area (Å²) < 4.78 is 0. The van der Waals surface area contributed by atoms with Gasteiger partial charge in [-0.3, -0.25) is 4.90 Å². The van der Waals surface area contributed by atoms with Crippen LogP contribution >= 0.6 is 0 Å². The molecule has 0 saturated carbocycles. The van der Waals surface area contributed by atoms with Crippen LogP contribution in [0, 0.1) is 12.3 Å². The summed E-state index contributed by atoms with van der Waals surface area (Å²) in [5.74, 6) is 2.67. The maximum Gasteiger partial charge on any atom is 0.0658 e. The molecule has 0 aliphatic carbocycles. The highest BCUT2D eigenvalue weighted by atomic mass is 15.2. The van der Waals surface area contributed by atoms with E-state index < -0.39 is 0 Å². The van der Waals surface area contributed by atoms with Crippen molar-refractivity contribution in [2.75, 3.05) is 46.3 Å². The number of hydrogen-bond acceptors (Lipinski definition) is 3. The lowest BCUT2D eigenvalue weighted by Crippen LogP contribution is -2.47. The van der Waals surface area contributed by atoms with E-state index in [-0.39, 0.29) is 6.04 Å². The Morgan fingerprint density at radius 1 is 1.36 bits per heavy atom. The maximum atomic E-state index is 5.28. The zero-order valence-electron chi connectivity index (χ0n) is 9.29. The van der Waals surface area contributed by atoms with Crippen LogP contribution in [0.4, 0.5) is 0 Å². The molecular formula is C11H21N3. The molecule has 0 bridgehead atoms. The molecule has 0 aromatic rings. The molecule has 14 heavy (non-hydrogen) atoms. The van der Waals surface area contributed by atoms with Crippen molar-refractivity contribution in [2.45, 2.75) is 13.0 Å². The molecule has 1 aliphatic heterocycles. The topological polar surface area (TPSA) is 18.5 Å². The molecular weight excluding hydrogens is 174 g/mol. The van der Waals surface area contributed by atoms with Gasteiger partial charge in [0.25, 0.3) is 0 Å². The summed E-state index contributed by atoms with van der Waals surface area (Å²) in [6.45, 7) is 8.86. The minimum Gasteiger partial charge on any atom is -0.304 e. The molecule has 1 saturated heterocycles. The van der Waals surface area contributed by atoms with Crippen LogP contribution in [0.1, 0.15) is 6.92 Å². The van der Waals surface area contributed by atoms with Gasteiger partial charge in [0.05, 0.1) is 6.04 Å². The van der Waals surface area contributed by atoms with E-state index in [4.69, 9.17) is 6.42 Å². The van der Waals surface area contributed by atoms with Crippen LogP contribution in [-0.2, 0) is 0 Å². The number of hydrogen-bond donors (Lipinski definition) is 1. The van der Waals surface area contributed by atoms with Gasteiger partial charge in [-0.15, -0.1) is 6.42 Å². The minimum absolute atomic E-state index is 0.197. The van der Waals surface area contributed by atoms with Crippen LogP contribution < -0.4 is 5.32 Å². The second kappa shape index (κ2) is 6.02. The zero-order valence-corrected chi connectivity index (χ0v) is 9.29. The molecule has 1 fully saturated rings. The van der Waals surface area contributed by atoms with E-state index in [9.17, 15) is 0 Å². The van der Waals surface area contributed by atoms with Crippen molar-refractivity contribution < 1.29 is 0 Å². The normalized spacial score (nSPS) is 21.8. The van der Waals surface area contributed by atoms with E-state index >= 15 is 0 Å². The van der Waals surface area contributed by atoms with Crippen LogP contribution in [0.5, 0.6) is 0 Å². The smallest absolute Gasteiger partial charge is 0.0658 e. The van der Waals surface area contributed by atoms with E-state index in [0.717, 1.165) is 13.1 Å².